The third-order valence-electron chi connectivity index (χ3n) is 8.53. The van der Waals surface area contributed by atoms with Gasteiger partial charge in [-0.2, -0.15) is 0 Å². The molecule has 1 fully saturated rings. The lowest BCUT2D eigenvalue weighted by atomic mass is 9.75. The van der Waals surface area contributed by atoms with Crippen LogP contribution in [0.2, 0.25) is 5.02 Å². The number of hydrogen-bond acceptors (Lipinski definition) is 5. The highest BCUT2D eigenvalue weighted by atomic mass is 35.5. The Hall–Kier alpha value is -1.67. The van der Waals surface area contributed by atoms with Gasteiger partial charge in [-0.3, -0.25) is 4.90 Å². The van der Waals surface area contributed by atoms with Crippen LogP contribution in [0.15, 0.2) is 48.8 Å². The Kier molecular flexibility index (Phi) is 10.5. The van der Waals surface area contributed by atoms with Crippen molar-refractivity contribution in [3.8, 4) is 0 Å². The highest BCUT2D eigenvalue weighted by Gasteiger charge is 2.48. The zero-order chi connectivity index (χ0) is 24.9. The average molecular weight is 615 g/mol. The maximum Gasteiger partial charge on any atom is 0.140 e. The molecule has 3 atom stereocenters. The number of piperidine rings is 1. The molecule has 6 rings (SSSR count). The first-order chi connectivity index (χ1) is 17.5. The lowest BCUT2D eigenvalue weighted by Gasteiger charge is -2.44. The smallest absolute Gasteiger partial charge is 0.140 e. The van der Waals surface area contributed by atoms with Crippen LogP contribution in [-0.2, 0) is 11.8 Å². The highest BCUT2D eigenvalue weighted by Crippen LogP contribution is 2.51. The van der Waals surface area contributed by atoms with Crippen LogP contribution in [0.25, 0.3) is 0 Å². The number of aryl methyl sites for hydroxylation is 1. The Morgan fingerprint density at radius 2 is 1.87 bits per heavy atom. The Morgan fingerprint density at radius 1 is 1.10 bits per heavy atom. The van der Waals surface area contributed by atoms with Gasteiger partial charge >= 0.3 is 0 Å². The maximum atomic E-state index is 14.7. The van der Waals surface area contributed by atoms with Gasteiger partial charge in [0.15, 0.2) is 0 Å². The predicted molar refractivity (Wildman–Crippen MR) is 164 cm³/mol. The number of fused-ring (bicyclic) bond motifs is 3. The Balaban J connectivity index is 0.00000140. The largest absolute Gasteiger partial charge is 0.330 e. The van der Waals surface area contributed by atoms with E-state index in [0.29, 0.717) is 12.5 Å². The lowest BCUT2D eigenvalue weighted by Crippen LogP contribution is -2.49. The summed E-state index contributed by atoms with van der Waals surface area (Å²) in [5.41, 5.74) is 11.8. The molecule has 0 unspecified atom stereocenters. The number of benzene rings is 2. The van der Waals surface area contributed by atoms with Crippen molar-refractivity contribution < 1.29 is 4.39 Å². The Morgan fingerprint density at radius 3 is 2.62 bits per heavy atom. The van der Waals surface area contributed by atoms with Crippen molar-refractivity contribution in [1.82, 2.24) is 14.9 Å². The van der Waals surface area contributed by atoms with Gasteiger partial charge in [0.25, 0.3) is 0 Å². The van der Waals surface area contributed by atoms with E-state index in [4.69, 9.17) is 22.3 Å². The third kappa shape index (κ3) is 5.74. The lowest BCUT2D eigenvalue weighted by molar-refractivity contribution is 0.104. The van der Waals surface area contributed by atoms with Crippen LogP contribution in [-0.4, -0.2) is 41.0 Å². The molecule has 10 heteroatoms. The van der Waals surface area contributed by atoms with Crippen molar-refractivity contribution >= 4 is 60.3 Å². The van der Waals surface area contributed by atoms with E-state index in [1.165, 1.54) is 11.1 Å². The van der Waals surface area contributed by atoms with Crippen molar-refractivity contribution in [2.24, 2.45) is 5.73 Å². The summed E-state index contributed by atoms with van der Waals surface area (Å²) in [4.78, 5) is 14.3. The van der Waals surface area contributed by atoms with Crippen LogP contribution >= 0.6 is 48.8 Å². The molecule has 1 saturated heterocycles. The monoisotopic (exact) mass is 613 g/mol. The molecule has 0 saturated carbocycles. The maximum absolute atomic E-state index is 14.7. The second-order valence-corrected chi connectivity index (χ2v) is 11.2. The first kappa shape index (κ1) is 31.9. The molecule has 1 aliphatic carbocycles. The first-order valence-corrected chi connectivity index (χ1v) is 13.5. The van der Waals surface area contributed by atoms with Gasteiger partial charge in [-0.05, 0) is 92.6 Å². The van der Waals surface area contributed by atoms with Gasteiger partial charge in [0.05, 0.1) is 0 Å². The average Bonchev–Trinajstić information content (AvgIpc) is 3.41. The molecule has 1 spiro atoms. The first-order valence-electron chi connectivity index (χ1n) is 13.1. The van der Waals surface area contributed by atoms with Crippen molar-refractivity contribution in [1.29, 1.82) is 0 Å². The van der Waals surface area contributed by atoms with Gasteiger partial charge < -0.3 is 10.6 Å². The quantitative estimate of drug-likeness (QED) is 0.330. The fourth-order valence-corrected chi connectivity index (χ4v) is 6.98. The summed E-state index contributed by atoms with van der Waals surface area (Å²) in [6.07, 6.45) is 6.74. The van der Waals surface area contributed by atoms with Crippen LogP contribution in [0, 0.1) is 5.82 Å². The molecular weight excluding hydrogens is 579 g/mol. The molecule has 212 valence electrons. The van der Waals surface area contributed by atoms with Gasteiger partial charge in [-0.1, -0.05) is 30.7 Å². The second kappa shape index (κ2) is 12.9. The van der Waals surface area contributed by atoms with Crippen molar-refractivity contribution in [3.63, 3.8) is 0 Å². The van der Waals surface area contributed by atoms with Gasteiger partial charge in [0.1, 0.15) is 18.0 Å². The summed E-state index contributed by atoms with van der Waals surface area (Å²) in [6.45, 7) is 5.53. The van der Waals surface area contributed by atoms with Crippen molar-refractivity contribution in [3.05, 3.63) is 82.0 Å². The number of hydrogen-bond donors (Lipinski definition) is 1. The van der Waals surface area contributed by atoms with Gasteiger partial charge in [-0.25, -0.2) is 14.4 Å². The number of nitrogens with two attached hydrogens (primary N) is 1. The van der Waals surface area contributed by atoms with Crippen molar-refractivity contribution in [2.75, 3.05) is 31.1 Å². The van der Waals surface area contributed by atoms with Crippen molar-refractivity contribution in [2.45, 2.75) is 56.4 Å². The summed E-state index contributed by atoms with van der Waals surface area (Å²) in [5, 5.41) is 0.739. The summed E-state index contributed by atoms with van der Waals surface area (Å²) < 4.78 is 14.7. The van der Waals surface area contributed by atoms with E-state index in [9.17, 15) is 4.39 Å². The van der Waals surface area contributed by atoms with Crippen LogP contribution in [0.1, 0.15) is 67.0 Å². The minimum atomic E-state index is -0.176. The normalized spacial score (nSPS) is 22.4. The van der Waals surface area contributed by atoms with E-state index < -0.39 is 0 Å². The van der Waals surface area contributed by atoms with E-state index in [-0.39, 0.29) is 54.5 Å². The Bertz CT molecular complexity index is 1280. The van der Waals surface area contributed by atoms with E-state index in [0.717, 1.165) is 79.5 Å². The molecule has 0 bridgehead atoms. The number of rotatable bonds is 5. The summed E-state index contributed by atoms with van der Waals surface area (Å²) in [6, 6.07) is 13.7. The summed E-state index contributed by atoms with van der Waals surface area (Å²) in [5.74, 6) is 1.26. The van der Waals surface area contributed by atoms with Gasteiger partial charge in [0.2, 0.25) is 0 Å². The van der Waals surface area contributed by atoms with Gasteiger partial charge in [0, 0.05) is 46.5 Å². The minimum Gasteiger partial charge on any atom is -0.330 e. The van der Waals surface area contributed by atoms with E-state index >= 15 is 0 Å². The van der Waals surface area contributed by atoms with Gasteiger partial charge in [-0.15, -0.1) is 37.2 Å². The Labute approximate surface area is 253 Å². The summed E-state index contributed by atoms with van der Waals surface area (Å²) in [7, 11) is 0. The molecule has 5 nitrogen and oxygen atoms in total. The second-order valence-electron chi connectivity index (χ2n) is 10.7. The minimum absolute atomic E-state index is 0. The number of likely N-dealkylation sites (tertiary alicyclic amines) is 1. The predicted octanol–water partition coefficient (Wildman–Crippen LogP) is 7.16. The highest BCUT2D eigenvalue weighted by molar-refractivity contribution is 6.30. The van der Waals surface area contributed by atoms with Crippen LogP contribution in [0.4, 0.5) is 15.9 Å². The molecule has 1 aromatic heterocycles. The van der Waals surface area contributed by atoms with E-state index in [1.807, 2.05) is 18.2 Å². The molecule has 3 heterocycles. The third-order valence-corrected chi connectivity index (χ3v) is 8.78. The fourth-order valence-electron chi connectivity index (χ4n) is 6.85. The number of halogens is 5. The summed E-state index contributed by atoms with van der Waals surface area (Å²) >= 11 is 6.18. The molecule has 0 amide bonds. The fraction of sp³-hybridized carbons (Fsp3) is 0.448. The SMILES string of the molecule is C[C@@H]1CCc2ncnc(N3C[C@]4(CCCN([C@@H](CCN)c5ccc(Cl)cc5)C4)c4cc(F)ccc43)c21.Cl.Cl.Cl. The zero-order valence-corrected chi connectivity index (χ0v) is 25.2. The molecule has 2 N–H and O–H groups in total. The van der Waals surface area contributed by atoms with Crippen LogP contribution < -0.4 is 10.6 Å². The van der Waals surface area contributed by atoms with Crippen LogP contribution in [0.5, 0.6) is 0 Å². The number of anilines is 2. The molecule has 2 aromatic carbocycles. The van der Waals surface area contributed by atoms with Crippen LogP contribution in [0.3, 0.4) is 0 Å². The number of aromatic nitrogens is 2. The molecule has 3 aliphatic rings. The van der Waals surface area contributed by atoms with E-state index in [1.54, 1.807) is 18.5 Å². The molecule has 0 radical (unpaired) electrons. The standard InChI is InChI=1S/C29H33ClFN5.3ClH/c1-19-3-9-24-27(19)28(34-18-33-24)36-17-29(23-15-22(31)8-10-26(23)36)12-2-14-35(16-29)25(11-13-32)20-4-6-21(30)7-5-20;;;/h4-8,10,15,18-19,25H,2-3,9,11-14,16-17,32H2,1H3;3*1H/t19-,25+,29-;;;/m1.../s1. The number of nitrogens with zero attached hydrogens (tertiary/aromatic N) is 4. The molecule has 2 aliphatic heterocycles. The molecule has 3 aromatic rings. The molecule has 39 heavy (non-hydrogen) atoms. The van der Waals surface area contributed by atoms with E-state index in [2.05, 4.69) is 33.8 Å². The zero-order valence-electron chi connectivity index (χ0n) is 22.0. The molecular formula is C29H36Cl4FN5. The topological polar surface area (TPSA) is 58.3 Å².